The van der Waals surface area contributed by atoms with Crippen molar-refractivity contribution in [2.24, 2.45) is 0 Å². The third-order valence-electron chi connectivity index (χ3n) is 4.36. The average Bonchev–Trinajstić information content (AvgIpc) is 3.00. The summed E-state index contributed by atoms with van der Waals surface area (Å²) < 4.78 is 6.85. The average molecular weight is 379 g/mol. The number of carbonyl (C=O) groups is 1. The van der Waals surface area contributed by atoms with Gasteiger partial charge in [0.2, 0.25) is 0 Å². The molecule has 2 aromatic heterocycles. The van der Waals surface area contributed by atoms with E-state index in [1.165, 1.54) is 10.6 Å². The molecule has 0 bridgehead atoms. The maximum atomic E-state index is 12.7. The first kappa shape index (κ1) is 17.2. The van der Waals surface area contributed by atoms with Crippen LogP contribution in [0.1, 0.15) is 21.6 Å². The first-order valence-corrected chi connectivity index (χ1v) is 8.84. The van der Waals surface area contributed by atoms with Gasteiger partial charge in [0.1, 0.15) is 0 Å². The molecule has 4 rings (SSSR count). The van der Waals surface area contributed by atoms with Crippen molar-refractivity contribution in [3.63, 3.8) is 0 Å². The fraction of sp³-hybridized carbons (Fsp3) is 0.0952. The lowest BCUT2D eigenvalue weighted by molar-refractivity contribution is 0.103. The highest BCUT2D eigenvalue weighted by Gasteiger charge is 2.18. The van der Waals surface area contributed by atoms with E-state index >= 15 is 0 Å². The molecule has 0 saturated carbocycles. The van der Waals surface area contributed by atoms with Crippen molar-refractivity contribution in [3.05, 3.63) is 99.3 Å². The molecule has 0 unspecified atom stereocenters. The van der Waals surface area contributed by atoms with E-state index in [9.17, 15) is 9.59 Å². The molecule has 0 saturated heterocycles. The normalized spacial score (nSPS) is 11.0. The molecular weight excluding hydrogens is 364 g/mol. The maximum absolute atomic E-state index is 12.7. The number of hydrogen-bond acceptors (Lipinski definition) is 4. The fourth-order valence-electron chi connectivity index (χ4n) is 2.99. The fourth-order valence-corrected chi connectivity index (χ4v) is 3.23. The molecule has 134 valence electrons. The van der Waals surface area contributed by atoms with Crippen molar-refractivity contribution in [3.8, 4) is 0 Å². The van der Waals surface area contributed by atoms with E-state index in [1.807, 2.05) is 24.3 Å². The monoisotopic (exact) mass is 378 g/mol. The first-order valence-electron chi connectivity index (χ1n) is 8.46. The Balaban J connectivity index is 1.70. The van der Waals surface area contributed by atoms with Crippen LogP contribution in [0.2, 0.25) is 5.02 Å². The van der Waals surface area contributed by atoms with Gasteiger partial charge in [0.05, 0.1) is 10.5 Å². The molecule has 0 amide bonds. The Morgan fingerprint density at radius 2 is 1.85 bits per heavy atom. The van der Waals surface area contributed by atoms with Crippen LogP contribution in [-0.4, -0.2) is 15.3 Å². The Morgan fingerprint density at radius 1 is 1.07 bits per heavy atom. The molecule has 0 aliphatic carbocycles. The van der Waals surface area contributed by atoms with E-state index in [4.69, 9.17) is 16.0 Å². The number of halogens is 1. The van der Waals surface area contributed by atoms with Gasteiger partial charge < -0.3 is 4.42 Å². The molecule has 0 radical (unpaired) electrons. The molecule has 4 aromatic rings. The molecule has 0 aliphatic rings. The zero-order valence-electron chi connectivity index (χ0n) is 14.3. The van der Waals surface area contributed by atoms with Gasteiger partial charge in [-0.15, -0.1) is 0 Å². The molecule has 0 aliphatic heterocycles. The van der Waals surface area contributed by atoms with Crippen LogP contribution in [0.25, 0.3) is 11.1 Å². The van der Waals surface area contributed by atoms with Crippen molar-refractivity contribution < 1.29 is 9.21 Å². The van der Waals surface area contributed by atoms with Crippen molar-refractivity contribution in [1.82, 2.24) is 9.55 Å². The third kappa shape index (κ3) is 3.41. The van der Waals surface area contributed by atoms with Gasteiger partial charge in [0, 0.05) is 36.0 Å². The second kappa shape index (κ2) is 7.21. The van der Waals surface area contributed by atoms with Crippen LogP contribution >= 0.6 is 11.6 Å². The highest BCUT2D eigenvalue weighted by molar-refractivity contribution is 6.35. The second-order valence-electron chi connectivity index (χ2n) is 6.09. The maximum Gasteiger partial charge on any atom is 0.419 e. The van der Waals surface area contributed by atoms with Gasteiger partial charge in [0.15, 0.2) is 11.4 Å². The van der Waals surface area contributed by atoms with Crippen LogP contribution < -0.4 is 5.76 Å². The van der Waals surface area contributed by atoms with Crippen LogP contribution in [0, 0.1) is 0 Å². The Hall–Kier alpha value is -3.18. The van der Waals surface area contributed by atoms with E-state index in [-0.39, 0.29) is 10.8 Å². The van der Waals surface area contributed by atoms with Crippen LogP contribution in [0.5, 0.6) is 0 Å². The number of hydrogen-bond donors (Lipinski definition) is 0. The summed E-state index contributed by atoms with van der Waals surface area (Å²) in [5.74, 6) is -0.701. The van der Waals surface area contributed by atoms with E-state index in [2.05, 4.69) is 4.98 Å². The number of oxazole rings is 1. The molecule has 5 nitrogen and oxygen atoms in total. The highest BCUT2D eigenvalue weighted by Crippen LogP contribution is 2.26. The van der Waals surface area contributed by atoms with E-state index < -0.39 is 5.76 Å². The summed E-state index contributed by atoms with van der Waals surface area (Å²) in [6.07, 6.45) is 2.29. The molecular formula is C21H15ClN2O3. The number of aromatic nitrogens is 2. The number of rotatable bonds is 5. The standard InChI is InChI=1S/C21H15ClN2O3/c22-17-13-18-19(12-16(17)20(25)14-6-2-1-3-7-14)27-21(26)24(18)11-9-15-8-4-5-10-23-15/h1-8,10,12-13H,9,11H2. The van der Waals surface area contributed by atoms with Crippen LogP contribution in [0.4, 0.5) is 0 Å². The minimum absolute atomic E-state index is 0.216. The Morgan fingerprint density at radius 3 is 2.59 bits per heavy atom. The predicted molar refractivity (Wildman–Crippen MR) is 103 cm³/mol. The number of benzene rings is 2. The summed E-state index contributed by atoms with van der Waals surface area (Å²) in [7, 11) is 0. The van der Waals surface area contributed by atoms with Crippen LogP contribution in [0.3, 0.4) is 0 Å². The summed E-state index contributed by atoms with van der Waals surface area (Å²) in [5, 5.41) is 0.281. The summed E-state index contributed by atoms with van der Waals surface area (Å²) >= 11 is 6.36. The highest BCUT2D eigenvalue weighted by atomic mass is 35.5. The van der Waals surface area contributed by atoms with Gasteiger partial charge in [0.25, 0.3) is 0 Å². The van der Waals surface area contributed by atoms with Gasteiger partial charge in [-0.25, -0.2) is 4.79 Å². The van der Waals surface area contributed by atoms with Crippen LogP contribution in [-0.2, 0) is 13.0 Å². The SMILES string of the molecule is O=C(c1ccccc1)c1cc2oc(=O)n(CCc3ccccn3)c2cc1Cl. The molecule has 2 heterocycles. The quantitative estimate of drug-likeness (QED) is 0.490. The lowest BCUT2D eigenvalue weighted by Crippen LogP contribution is -2.15. The first-order chi connectivity index (χ1) is 13.1. The minimum Gasteiger partial charge on any atom is -0.408 e. The number of pyridine rings is 1. The van der Waals surface area contributed by atoms with E-state index in [0.717, 1.165) is 5.69 Å². The molecule has 2 aromatic carbocycles. The third-order valence-corrected chi connectivity index (χ3v) is 4.67. The number of carbonyl (C=O) groups excluding carboxylic acids is 1. The molecule has 0 N–H and O–H groups in total. The van der Waals surface area contributed by atoms with E-state index in [0.29, 0.717) is 35.2 Å². The van der Waals surface area contributed by atoms with Crippen LogP contribution in [0.15, 0.2) is 76.1 Å². The number of fused-ring (bicyclic) bond motifs is 1. The zero-order chi connectivity index (χ0) is 18.8. The Kier molecular flexibility index (Phi) is 4.60. The molecule has 0 spiro atoms. The molecule has 27 heavy (non-hydrogen) atoms. The van der Waals surface area contributed by atoms with Crippen molar-refractivity contribution in [1.29, 1.82) is 0 Å². The molecule has 6 heteroatoms. The Labute approximate surface area is 159 Å². The molecule has 0 atom stereocenters. The van der Waals surface area contributed by atoms with Crippen molar-refractivity contribution >= 4 is 28.5 Å². The second-order valence-corrected chi connectivity index (χ2v) is 6.49. The topological polar surface area (TPSA) is 65.1 Å². The zero-order valence-corrected chi connectivity index (χ0v) is 15.0. The Bertz CT molecular complexity index is 1160. The summed E-state index contributed by atoms with van der Waals surface area (Å²) in [6.45, 7) is 0.408. The van der Waals surface area contributed by atoms with Gasteiger partial charge in [-0.1, -0.05) is 48.0 Å². The van der Waals surface area contributed by atoms with Gasteiger partial charge in [-0.2, -0.15) is 0 Å². The lowest BCUT2D eigenvalue weighted by Gasteiger charge is -2.06. The van der Waals surface area contributed by atoms with Gasteiger partial charge in [-0.3, -0.25) is 14.3 Å². The molecule has 0 fully saturated rings. The summed E-state index contributed by atoms with van der Waals surface area (Å²) in [4.78, 5) is 29.2. The number of aryl methyl sites for hydroxylation is 2. The minimum atomic E-state index is -0.485. The summed E-state index contributed by atoms with van der Waals surface area (Å²) in [5.41, 5.74) is 2.60. The predicted octanol–water partition coefficient (Wildman–Crippen LogP) is 4.12. The van der Waals surface area contributed by atoms with Gasteiger partial charge >= 0.3 is 5.76 Å². The number of ketones is 1. The van der Waals surface area contributed by atoms with Crippen molar-refractivity contribution in [2.75, 3.05) is 0 Å². The van der Waals surface area contributed by atoms with Gasteiger partial charge in [-0.05, 0) is 24.3 Å². The summed E-state index contributed by atoms with van der Waals surface area (Å²) in [6, 6.07) is 17.6. The van der Waals surface area contributed by atoms with Crippen molar-refractivity contribution in [2.45, 2.75) is 13.0 Å². The largest absolute Gasteiger partial charge is 0.419 e. The lowest BCUT2D eigenvalue weighted by atomic mass is 10.0. The number of nitrogens with zero attached hydrogens (tertiary/aromatic N) is 2. The smallest absolute Gasteiger partial charge is 0.408 e. The van der Waals surface area contributed by atoms with E-state index in [1.54, 1.807) is 36.5 Å².